The summed E-state index contributed by atoms with van der Waals surface area (Å²) >= 11 is 0. The number of aromatic nitrogens is 2. The van der Waals surface area contributed by atoms with Crippen LogP contribution in [0.3, 0.4) is 0 Å². The maximum Gasteiger partial charge on any atom is 0.270 e. The van der Waals surface area contributed by atoms with Gasteiger partial charge in [-0.25, -0.2) is 14.4 Å². The molecule has 2 amide bonds. The number of hydrogen-bond acceptors (Lipinski definition) is 8. The molecule has 4 rings (SSSR count). The first-order valence-corrected chi connectivity index (χ1v) is 11.7. The molecule has 1 aromatic carbocycles. The number of hydrogen-bond donors (Lipinski definition) is 1. The zero-order valence-electron chi connectivity index (χ0n) is 20.2. The van der Waals surface area contributed by atoms with E-state index in [1.54, 1.807) is 24.1 Å². The number of nitrogens with zero attached hydrogens (tertiary/aromatic N) is 5. The number of piperidine rings is 1. The molecule has 36 heavy (non-hydrogen) atoms. The number of ether oxygens (including phenoxy) is 1. The number of carbonyl (C=O) groups is 2. The van der Waals surface area contributed by atoms with Crippen LogP contribution in [-0.4, -0.2) is 58.7 Å². The molecular formula is C25H27FN6O4. The minimum absolute atomic E-state index is 0.101. The number of methoxy groups -OCH3 is 1. The standard InChI is InChI=1S/C25H27FN6O4/c1-15-28-14-18(24(30-15)25(34)29-13-16-3-4-19(26)22(11-16)35-2)20-12-21(36-31-20)17-6-9-32(10-7-17)23(33)5-8-27/h3-4,11,14,17,21H,5-7,9-10,12-13H2,1-2H3,(H,29,34). The summed E-state index contributed by atoms with van der Waals surface area (Å²) in [5.74, 6) is -0.285. The molecule has 0 radical (unpaired) electrons. The normalized spacial score (nSPS) is 17.7. The molecular weight excluding hydrogens is 467 g/mol. The predicted molar refractivity (Wildman–Crippen MR) is 126 cm³/mol. The first-order valence-electron chi connectivity index (χ1n) is 11.7. The Morgan fingerprint density at radius 1 is 1.33 bits per heavy atom. The smallest absolute Gasteiger partial charge is 0.270 e. The summed E-state index contributed by atoms with van der Waals surface area (Å²) in [5, 5.41) is 15.8. The Balaban J connectivity index is 1.40. The van der Waals surface area contributed by atoms with Gasteiger partial charge >= 0.3 is 0 Å². The summed E-state index contributed by atoms with van der Waals surface area (Å²) in [6.45, 7) is 3.01. The van der Waals surface area contributed by atoms with Gasteiger partial charge in [-0.1, -0.05) is 11.2 Å². The summed E-state index contributed by atoms with van der Waals surface area (Å²) in [7, 11) is 1.38. The number of oxime groups is 1. The van der Waals surface area contributed by atoms with Gasteiger partial charge < -0.3 is 19.8 Å². The molecule has 1 saturated heterocycles. The zero-order chi connectivity index (χ0) is 25.7. The molecule has 2 aliphatic heterocycles. The molecule has 2 aliphatic rings. The molecule has 11 heteroatoms. The highest BCUT2D eigenvalue weighted by molar-refractivity contribution is 6.09. The molecule has 1 N–H and O–H groups in total. The second-order valence-electron chi connectivity index (χ2n) is 8.77. The van der Waals surface area contributed by atoms with Gasteiger partial charge in [-0.3, -0.25) is 9.59 Å². The Labute approximate surface area is 208 Å². The Bertz CT molecular complexity index is 1220. The van der Waals surface area contributed by atoms with E-state index in [-0.39, 0.29) is 42.3 Å². The van der Waals surface area contributed by atoms with Crippen molar-refractivity contribution in [3.63, 3.8) is 0 Å². The molecule has 0 spiro atoms. The lowest BCUT2D eigenvalue weighted by Crippen LogP contribution is -2.41. The fraction of sp³-hybridized carbons (Fsp3) is 0.440. The van der Waals surface area contributed by atoms with Crippen molar-refractivity contribution in [3.8, 4) is 11.8 Å². The lowest BCUT2D eigenvalue weighted by molar-refractivity contribution is -0.132. The maximum atomic E-state index is 13.7. The van der Waals surface area contributed by atoms with E-state index < -0.39 is 11.7 Å². The van der Waals surface area contributed by atoms with Crippen LogP contribution in [0.5, 0.6) is 5.75 Å². The van der Waals surface area contributed by atoms with Crippen LogP contribution in [0.2, 0.25) is 0 Å². The van der Waals surface area contributed by atoms with Crippen LogP contribution in [0, 0.1) is 30.0 Å². The van der Waals surface area contributed by atoms with Gasteiger partial charge in [0.25, 0.3) is 5.91 Å². The molecule has 0 bridgehead atoms. The van der Waals surface area contributed by atoms with Crippen LogP contribution in [0.1, 0.15) is 53.1 Å². The lowest BCUT2D eigenvalue weighted by Gasteiger charge is -2.33. The van der Waals surface area contributed by atoms with E-state index in [1.165, 1.54) is 19.2 Å². The number of likely N-dealkylation sites (tertiary alicyclic amines) is 1. The van der Waals surface area contributed by atoms with Gasteiger partial charge in [-0.15, -0.1) is 0 Å². The van der Waals surface area contributed by atoms with E-state index in [0.717, 1.165) is 12.8 Å². The van der Waals surface area contributed by atoms with Gasteiger partial charge in [-0.2, -0.15) is 5.26 Å². The fourth-order valence-electron chi connectivity index (χ4n) is 4.44. The van der Waals surface area contributed by atoms with Crippen LogP contribution in [0.15, 0.2) is 29.6 Å². The highest BCUT2D eigenvalue weighted by atomic mass is 19.1. The summed E-state index contributed by atoms with van der Waals surface area (Å²) in [4.78, 5) is 41.0. The highest BCUT2D eigenvalue weighted by Crippen LogP contribution is 2.30. The number of amides is 2. The molecule has 3 heterocycles. The van der Waals surface area contributed by atoms with Crippen LogP contribution in [0.4, 0.5) is 4.39 Å². The van der Waals surface area contributed by atoms with E-state index in [1.807, 2.05) is 6.07 Å². The van der Waals surface area contributed by atoms with E-state index >= 15 is 0 Å². The van der Waals surface area contributed by atoms with Gasteiger partial charge in [0.1, 0.15) is 24.0 Å². The van der Waals surface area contributed by atoms with Crippen molar-refractivity contribution in [2.45, 2.75) is 45.3 Å². The van der Waals surface area contributed by atoms with E-state index in [2.05, 4.69) is 20.4 Å². The summed E-state index contributed by atoms with van der Waals surface area (Å²) < 4.78 is 18.7. The molecule has 2 aromatic rings. The quantitative estimate of drug-likeness (QED) is 0.626. The van der Waals surface area contributed by atoms with Gasteiger partial charge in [0.15, 0.2) is 11.6 Å². The van der Waals surface area contributed by atoms with Gasteiger partial charge in [-0.05, 0) is 37.5 Å². The molecule has 188 valence electrons. The third-order valence-corrected chi connectivity index (χ3v) is 6.45. The van der Waals surface area contributed by atoms with Crippen LogP contribution >= 0.6 is 0 Å². The third-order valence-electron chi connectivity index (χ3n) is 6.45. The van der Waals surface area contributed by atoms with Crippen molar-refractivity contribution in [3.05, 3.63) is 52.9 Å². The van der Waals surface area contributed by atoms with E-state index in [9.17, 15) is 14.0 Å². The van der Waals surface area contributed by atoms with Crippen LogP contribution < -0.4 is 10.1 Å². The van der Waals surface area contributed by atoms with Crippen LogP contribution in [0.25, 0.3) is 0 Å². The number of carbonyl (C=O) groups excluding carboxylic acids is 2. The minimum Gasteiger partial charge on any atom is -0.494 e. The monoisotopic (exact) mass is 494 g/mol. The number of nitrogens with one attached hydrogen (secondary N) is 1. The summed E-state index contributed by atoms with van der Waals surface area (Å²) in [5.41, 5.74) is 1.96. The molecule has 1 aromatic heterocycles. The first kappa shape index (κ1) is 25.0. The van der Waals surface area contributed by atoms with Crippen molar-refractivity contribution in [2.24, 2.45) is 11.1 Å². The second-order valence-corrected chi connectivity index (χ2v) is 8.77. The topological polar surface area (TPSA) is 130 Å². The van der Waals surface area contributed by atoms with E-state index in [4.69, 9.17) is 14.8 Å². The third kappa shape index (κ3) is 5.59. The SMILES string of the molecule is COc1cc(CNC(=O)c2nc(C)ncc2C2=NOC(C3CCN(C(=O)CC#N)CC3)C2)ccc1F. The van der Waals surface area contributed by atoms with Crippen molar-refractivity contribution in [1.82, 2.24) is 20.2 Å². The fourth-order valence-corrected chi connectivity index (χ4v) is 4.44. The molecule has 1 atom stereocenters. The number of rotatable bonds is 7. The summed E-state index contributed by atoms with van der Waals surface area (Å²) in [6, 6.07) is 6.29. The number of nitriles is 1. The molecule has 1 fully saturated rings. The van der Waals surface area contributed by atoms with Crippen LogP contribution in [-0.2, 0) is 16.2 Å². The van der Waals surface area contributed by atoms with Crippen molar-refractivity contribution >= 4 is 17.5 Å². The van der Waals surface area contributed by atoms with Gasteiger partial charge in [0.05, 0.1) is 18.9 Å². The van der Waals surface area contributed by atoms with Gasteiger partial charge in [0.2, 0.25) is 5.91 Å². The molecule has 0 aliphatic carbocycles. The Morgan fingerprint density at radius 2 is 2.11 bits per heavy atom. The Morgan fingerprint density at radius 3 is 2.83 bits per heavy atom. The largest absolute Gasteiger partial charge is 0.494 e. The molecule has 0 saturated carbocycles. The van der Waals surface area contributed by atoms with Crippen molar-refractivity contribution in [1.29, 1.82) is 5.26 Å². The van der Waals surface area contributed by atoms with Crippen molar-refractivity contribution in [2.75, 3.05) is 20.2 Å². The zero-order valence-corrected chi connectivity index (χ0v) is 20.2. The van der Waals surface area contributed by atoms with Crippen molar-refractivity contribution < 1.29 is 23.6 Å². The summed E-state index contributed by atoms with van der Waals surface area (Å²) in [6.07, 6.45) is 3.31. The lowest BCUT2D eigenvalue weighted by atomic mass is 9.88. The Hall–Kier alpha value is -4.07. The average molecular weight is 495 g/mol. The minimum atomic E-state index is -0.477. The first-order chi connectivity index (χ1) is 17.4. The molecule has 1 unspecified atom stereocenters. The Kier molecular flexibility index (Phi) is 7.73. The van der Waals surface area contributed by atoms with E-state index in [0.29, 0.717) is 42.2 Å². The average Bonchev–Trinajstić information content (AvgIpc) is 3.38. The number of benzene rings is 1. The second kappa shape index (κ2) is 11.1. The maximum absolute atomic E-state index is 13.7. The highest BCUT2D eigenvalue weighted by Gasteiger charge is 2.35. The number of halogens is 1. The van der Waals surface area contributed by atoms with Gasteiger partial charge in [0, 0.05) is 43.7 Å². The number of aryl methyl sites for hydroxylation is 1. The predicted octanol–water partition coefficient (Wildman–Crippen LogP) is 2.51. The molecule has 10 nitrogen and oxygen atoms in total.